The summed E-state index contributed by atoms with van der Waals surface area (Å²) in [7, 11) is -3.62. The smallest absolute Gasteiger partial charge is 0.475 e. The Morgan fingerprint density at radius 2 is 1.93 bits per heavy atom. The number of thiazole rings is 1. The van der Waals surface area contributed by atoms with Gasteiger partial charge in [0, 0.05) is 42.1 Å². The van der Waals surface area contributed by atoms with Crippen molar-refractivity contribution < 1.29 is 31.5 Å². The van der Waals surface area contributed by atoms with Crippen LogP contribution in [0.4, 0.5) is 18.9 Å². The number of rotatable bonds is 10. The number of aromatic amines is 1. The van der Waals surface area contributed by atoms with E-state index in [1.807, 2.05) is 31.3 Å². The lowest BCUT2D eigenvalue weighted by atomic mass is 10.2. The lowest BCUT2D eigenvalue weighted by Gasteiger charge is -2.23. The SMILES string of the molecule is CCN(c1cccc2cc(-c3ncc(CN(CC(C)C)C4CC4)s3)[nH]c12)S(=O)(=O)c1cccs1.O=C(O)C(F)(F)F. The summed E-state index contributed by atoms with van der Waals surface area (Å²) in [5.74, 6) is -2.11. The quantitative estimate of drug-likeness (QED) is 0.200. The van der Waals surface area contributed by atoms with Gasteiger partial charge in [-0.25, -0.2) is 18.2 Å². The number of nitrogens with one attached hydrogen (secondary N) is 1. The number of alkyl halides is 3. The third-order valence-electron chi connectivity index (χ3n) is 6.28. The van der Waals surface area contributed by atoms with E-state index in [-0.39, 0.29) is 0 Å². The molecule has 1 fully saturated rings. The van der Waals surface area contributed by atoms with E-state index >= 15 is 0 Å². The first-order chi connectivity index (χ1) is 19.3. The molecule has 0 amide bonds. The maximum atomic E-state index is 13.3. The average molecular weight is 629 g/mol. The molecule has 14 heteroatoms. The Labute approximate surface area is 244 Å². The summed E-state index contributed by atoms with van der Waals surface area (Å²) in [6.07, 6.45) is -0.501. The van der Waals surface area contributed by atoms with Crippen molar-refractivity contribution in [3.05, 3.63) is 52.9 Å². The first kappa shape index (κ1) is 31.0. The molecule has 0 aliphatic heterocycles. The van der Waals surface area contributed by atoms with Crippen LogP contribution in [0.2, 0.25) is 0 Å². The number of anilines is 1. The number of halogens is 3. The molecule has 0 saturated heterocycles. The summed E-state index contributed by atoms with van der Waals surface area (Å²) in [4.78, 5) is 20.9. The Kier molecular flexibility index (Phi) is 9.46. The highest BCUT2D eigenvalue weighted by Gasteiger charge is 2.38. The first-order valence-corrected chi connectivity index (χ1v) is 16.1. The number of thiophene rings is 1. The largest absolute Gasteiger partial charge is 0.490 e. The highest BCUT2D eigenvalue weighted by atomic mass is 32.2. The lowest BCUT2D eigenvalue weighted by Crippen LogP contribution is -2.30. The number of hydrogen-bond acceptors (Lipinski definition) is 7. The molecule has 3 heterocycles. The van der Waals surface area contributed by atoms with E-state index in [1.54, 1.807) is 28.8 Å². The number of carboxylic acid groups (broad SMARTS) is 1. The molecule has 4 aromatic rings. The number of sulfonamides is 1. The van der Waals surface area contributed by atoms with Gasteiger partial charge in [-0.3, -0.25) is 9.21 Å². The standard InChI is InChI=1S/C25H30N4O2S3.C2HF3O2/c1-4-29(34(30,31)23-9-6-12-32-23)22-8-5-7-18-13-21(27-24(18)22)25-26-14-20(33-25)16-28(15-17(2)3)19-10-11-19;3-2(4,5)1(6)7/h5-9,12-14,17,19,27H,4,10-11,15-16H2,1-3H3;(H,6,7). The van der Waals surface area contributed by atoms with Gasteiger partial charge in [-0.15, -0.1) is 22.7 Å². The second kappa shape index (κ2) is 12.5. The molecule has 8 nitrogen and oxygen atoms in total. The summed E-state index contributed by atoms with van der Waals surface area (Å²) >= 11 is 2.95. The van der Waals surface area contributed by atoms with Crippen LogP contribution in [0.25, 0.3) is 21.6 Å². The third kappa shape index (κ3) is 7.48. The van der Waals surface area contributed by atoms with Gasteiger partial charge in [0.25, 0.3) is 10.0 Å². The van der Waals surface area contributed by atoms with Crippen LogP contribution in [0.1, 0.15) is 38.5 Å². The van der Waals surface area contributed by atoms with Gasteiger partial charge < -0.3 is 10.1 Å². The van der Waals surface area contributed by atoms with Crippen LogP contribution in [0, 0.1) is 5.92 Å². The minimum Gasteiger partial charge on any atom is -0.475 e. The van der Waals surface area contributed by atoms with Gasteiger partial charge >= 0.3 is 12.1 Å². The molecule has 1 aliphatic rings. The van der Waals surface area contributed by atoms with Crippen LogP contribution in [0.5, 0.6) is 0 Å². The topological polar surface area (TPSA) is 107 Å². The lowest BCUT2D eigenvalue weighted by molar-refractivity contribution is -0.192. The molecule has 0 atom stereocenters. The molecule has 5 rings (SSSR count). The molecule has 0 spiro atoms. The minimum absolute atomic E-state index is 0.349. The Hall–Kier alpha value is -2.94. The summed E-state index contributed by atoms with van der Waals surface area (Å²) in [5.41, 5.74) is 2.40. The van der Waals surface area contributed by atoms with Crippen LogP contribution >= 0.6 is 22.7 Å². The molecule has 1 saturated carbocycles. The third-order valence-corrected chi connectivity index (χ3v) is 10.6. The number of nitrogens with zero attached hydrogens (tertiary/aromatic N) is 3. The van der Waals surface area contributed by atoms with Gasteiger partial charge in [-0.1, -0.05) is 32.0 Å². The summed E-state index contributed by atoms with van der Waals surface area (Å²) in [6.45, 7) is 8.81. The zero-order valence-corrected chi connectivity index (χ0v) is 25.1. The summed E-state index contributed by atoms with van der Waals surface area (Å²) in [6, 6.07) is 12.0. The van der Waals surface area contributed by atoms with Crippen molar-refractivity contribution >= 4 is 55.3 Å². The summed E-state index contributed by atoms with van der Waals surface area (Å²) in [5, 5.41) is 10.8. The van der Waals surface area contributed by atoms with E-state index in [9.17, 15) is 21.6 Å². The number of para-hydroxylation sites is 1. The van der Waals surface area contributed by atoms with Gasteiger partial charge in [-0.2, -0.15) is 13.2 Å². The van der Waals surface area contributed by atoms with Gasteiger partial charge in [0.2, 0.25) is 0 Å². The average Bonchev–Trinajstić information content (AvgIpc) is 3.26. The number of hydrogen-bond donors (Lipinski definition) is 2. The molecule has 41 heavy (non-hydrogen) atoms. The van der Waals surface area contributed by atoms with Crippen molar-refractivity contribution in [1.82, 2.24) is 14.9 Å². The van der Waals surface area contributed by atoms with E-state index in [0.717, 1.165) is 34.7 Å². The van der Waals surface area contributed by atoms with Crippen LogP contribution in [-0.2, 0) is 21.4 Å². The highest BCUT2D eigenvalue weighted by Crippen LogP contribution is 2.36. The van der Waals surface area contributed by atoms with Gasteiger partial charge in [0.15, 0.2) is 0 Å². The van der Waals surface area contributed by atoms with Crippen molar-refractivity contribution in [2.24, 2.45) is 5.92 Å². The minimum atomic E-state index is -5.08. The Balaban J connectivity index is 0.000000493. The van der Waals surface area contributed by atoms with E-state index in [2.05, 4.69) is 29.8 Å². The molecule has 0 unspecified atom stereocenters. The number of benzene rings is 1. The summed E-state index contributed by atoms with van der Waals surface area (Å²) < 4.78 is 60.2. The maximum Gasteiger partial charge on any atom is 0.490 e. The Morgan fingerprint density at radius 3 is 2.49 bits per heavy atom. The molecule has 1 aromatic carbocycles. The molecular weight excluding hydrogens is 598 g/mol. The van der Waals surface area contributed by atoms with Gasteiger partial charge in [0.05, 0.1) is 16.9 Å². The molecule has 2 N–H and O–H groups in total. The number of carbonyl (C=O) groups is 1. The molecule has 0 bridgehead atoms. The molecule has 0 radical (unpaired) electrons. The van der Waals surface area contributed by atoms with Crippen LogP contribution in [0.15, 0.2) is 52.2 Å². The van der Waals surface area contributed by atoms with E-state index < -0.39 is 22.2 Å². The van der Waals surface area contributed by atoms with Crippen molar-refractivity contribution in [3.8, 4) is 10.7 Å². The highest BCUT2D eigenvalue weighted by molar-refractivity contribution is 7.94. The van der Waals surface area contributed by atoms with Crippen molar-refractivity contribution in [3.63, 3.8) is 0 Å². The van der Waals surface area contributed by atoms with Crippen molar-refractivity contribution in [2.45, 2.75) is 56.6 Å². The number of aliphatic carboxylic acids is 1. The van der Waals surface area contributed by atoms with E-state index in [1.165, 1.54) is 33.4 Å². The molecule has 1 aliphatic carbocycles. The van der Waals surface area contributed by atoms with Crippen LogP contribution in [0.3, 0.4) is 0 Å². The predicted octanol–water partition coefficient (Wildman–Crippen LogP) is 6.82. The van der Waals surface area contributed by atoms with Crippen LogP contribution in [-0.4, -0.2) is 59.7 Å². The van der Waals surface area contributed by atoms with E-state index in [4.69, 9.17) is 14.9 Å². The van der Waals surface area contributed by atoms with Gasteiger partial charge in [-0.05, 0) is 49.3 Å². The van der Waals surface area contributed by atoms with E-state index in [0.29, 0.717) is 28.4 Å². The Bertz CT molecular complexity index is 1580. The maximum absolute atomic E-state index is 13.3. The zero-order valence-electron chi connectivity index (χ0n) is 22.7. The number of carboxylic acids is 1. The fraction of sp³-hybridized carbons (Fsp3) is 0.407. The predicted molar refractivity (Wildman–Crippen MR) is 156 cm³/mol. The Morgan fingerprint density at radius 1 is 1.22 bits per heavy atom. The van der Waals surface area contributed by atoms with Crippen LogP contribution < -0.4 is 4.31 Å². The van der Waals surface area contributed by atoms with Gasteiger partial charge in [0.1, 0.15) is 9.22 Å². The fourth-order valence-corrected chi connectivity index (χ4v) is 7.91. The molecule has 222 valence electrons. The second-order valence-electron chi connectivity index (χ2n) is 10.0. The van der Waals surface area contributed by atoms with Crippen molar-refractivity contribution in [1.29, 1.82) is 0 Å². The monoisotopic (exact) mass is 628 g/mol. The number of fused-ring (bicyclic) bond motifs is 1. The first-order valence-electron chi connectivity index (χ1n) is 13.0. The van der Waals surface area contributed by atoms with Crippen molar-refractivity contribution in [2.75, 3.05) is 17.4 Å². The number of aromatic nitrogens is 2. The zero-order chi connectivity index (χ0) is 29.9. The second-order valence-corrected chi connectivity index (χ2v) is 14.2. The normalized spacial score (nSPS) is 14.0. The molecule has 3 aromatic heterocycles. The molecular formula is C27H31F3N4O4S3. The number of H-pyrrole nitrogens is 1. The fourth-order valence-electron chi connectivity index (χ4n) is 4.41.